The maximum absolute atomic E-state index is 14.0. The lowest BCUT2D eigenvalue weighted by Gasteiger charge is -2.20. The van der Waals surface area contributed by atoms with E-state index < -0.39 is 0 Å². The average Bonchev–Trinajstić information content (AvgIpc) is 3.17. The number of rotatable bonds is 4. The maximum atomic E-state index is 14.0. The molecule has 1 aliphatic heterocycles. The number of aromatic nitrogens is 4. The van der Waals surface area contributed by atoms with Crippen LogP contribution in [-0.2, 0) is 17.1 Å². The minimum absolute atomic E-state index is 0.151. The van der Waals surface area contributed by atoms with E-state index in [1.807, 2.05) is 0 Å². The fourth-order valence-corrected chi connectivity index (χ4v) is 4.15. The van der Waals surface area contributed by atoms with E-state index in [1.165, 1.54) is 42.4 Å². The SMILES string of the molecule is Fc1ccc(-n2ncc3c(SCc4cc(F)cc5c4OCOC5)ncnc32)cc1. The molecule has 0 radical (unpaired) electrons. The van der Waals surface area contributed by atoms with Crippen molar-refractivity contribution in [3.05, 3.63) is 71.7 Å². The lowest BCUT2D eigenvalue weighted by atomic mass is 10.1. The molecule has 0 saturated heterocycles. The number of hydrogen-bond donors (Lipinski definition) is 0. The van der Waals surface area contributed by atoms with Crippen molar-refractivity contribution >= 4 is 22.8 Å². The molecule has 0 atom stereocenters. The quantitative estimate of drug-likeness (QED) is 0.369. The summed E-state index contributed by atoms with van der Waals surface area (Å²) < 4.78 is 39.6. The monoisotopic (exact) mass is 412 g/mol. The largest absolute Gasteiger partial charge is 0.467 e. The van der Waals surface area contributed by atoms with E-state index in [0.717, 1.165) is 10.9 Å². The van der Waals surface area contributed by atoms with E-state index in [2.05, 4.69) is 15.1 Å². The second kappa shape index (κ2) is 7.41. The van der Waals surface area contributed by atoms with Crippen LogP contribution in [0.5, 0.6) is 5.75 Å². The highest BCUT2D eigenvalue weighted by atomic mass is 32.2. The van der Waals surface area contributed by atoms with Crippen LogP contribution in [0.3, 0.4) is 0 Å². The molecule has 0 saturated carbocycles. The van der Waals surface area contributed by atoms with Crippen LogP contribution < -0.4 is 4.74 Å². The van der Waals surface area contributed by atoms with E-state index in [4.69, 9.17) is 9.47 Å². The molecule has 4 aromatic rings. The molecule has 146 valence electrons. The Morgan fingerprint density at radius 1 is 1.07 bits per heavy atom. The van der Waals surface area contributed by atoms with Gasteiger partial charge in [0.1, 0.15) is 28.7 Å². The Bertz CT molecular complexity index is 1200. The van der Waals surface area contributed by atoms with Gasteiger partial charge in [-0.3, -0.25) is 0 Å². The van der Waals surface area contributed by atoms with E-state index >= 15 is 0 Å². The fourth-order valence-electron chi connectivity index (χ4n) is 3.22. The van der Waals surface area contributed by atoms with Gasteiger partial charge in [-0.05, 0) is 36.4 Å². The molecule has 0 fully saturated rings. The summed E-state index contributed by atoms with van der Waals surface area (Å²) in [7, 11) is 0. The summed E-state index contributed by atoms with van der Waals surface area (Å²) in [6.07, 6.45) is 3.13. The van der Waals surface area contributed by atoms with Crippen LogP contribution in [-0.4, -0.2) is 26.5 Å². The van der Waals surface area contributed by atoms with Crippen molar-refractivity contribution in [3.8, 4) is 11.4 Å². The third kappa shape index (κ3) is 3.43. The zero-order valence-electron chi connectivity index (χ0n) is 15.0. The first-order valence-electron chi connectivity index (χ1n) is 8.78. The van der Waals surface area contributed by atoms with Crippen LogP contribution in [0.4, 0.5) is 8.78 Å². The van der Waals surface area contributed by atoms with Crippen LogP contribution in [0.1, 0.15) is 11.1 Å². The molecule has 0 amide bonds. The van der Waals surface area contributed by atoms with Crippen molar-refractivity contribution in [1.29, 1.82) is 0 Å². The highest BCUT2D eigenvalue weighted by Crippen LogP contribution is 2.35. The first kappa shape index (κ1) is 18.0. The summed E-state index contributed by atoms with van der Waals surface area (Å²) in [5.41, 5.74) is 2.75. The Kier molecular flexibility index (Phi) is 4.61. The third-order valence-corrected chi connectivity index (χ3v) is 5.57. The summed E-state index contributed by atoms with van der Waals surface area (Å²) in [4.78, 5) is 8.68. The van der Waals surface area contributed by atoms with E-state index in [-0.39, 0.29) is 18.4 Å². The molecule has 2 aromatic carbocycles. The highest BCUT2D eigenvalue weighted by molar-refractivity contribution is 7.98. The van der Waals surface area contributed by atoms with Crippen molar-refractivity contribution in [3.63, 3.8) is 0 Å². The average molecular weight is 412 g/mol. The molecule has 0 unspecified atom stereocenters. The Morgan fingerprint density at radius 2 is 1.93 bits per heavy atom. The zero-order valence-corrected chi connectivity index (χ0v) is 15.8. The summed E-state index contributed by atoms with van der Waals surface area (Å²) in [5, 5.41) is 5.85. The van der Waals surface area contributed by atoms with Crippen molar-refractivity contribution in [2.45, 2.75) is 17.4 Å². The van der Waals surface area contributed by atoms with Crippen molar-refractivity contribution < 1.29 is 18.3 Å². The van der Waals surface area contributed by atoms with Crippen molar-refractivity contribution in [2.24, 2.45) is 0 Å². The van der Waals surface area contributed by atoms with Gasteiger partial charge < -0.3 is 9.47 Å². The Morgan fingerprint density at radius 3 is 2.79 bits per heavy atom. The number of hydrogen-bond acceptors (Lipinski definition) is 6. The van der Waals surface area contributed by atoms with Crippen LogP contribution >= 0.6 is 11.8 Å². The molecule has 1 aliphatic rings. The van der Waals surface area contributed by atoms with Gasteiger partial charge in [0.15, 0.2) is 12.4 Å². The van der Waals surface area contributed by atoms with Crippen LogP contribution in [0.15, 0.2) is 53.9 Å². The van der Waals surface area contributed by atoms with Gasteiger partial charge >= 0.3 is 0 Å². The molecule has 9 heteroatoms. The van der Waals surface area contributed by atoms with Gasteiger partial charge in [0.05, 0.1) is 23.9 Å². The molecular weight excluding hydrogens is 398 g/mol. The van der Waals surface area contributed by atoms with Gasteiger partial charge in [0.2, 0.25) is 0 Å². The van der Waals surface area contributed by atoms with Gasteiger partial charge in [0, 0.05) is 16.9 Å². The number of fused-ring (bicyclic) bond motifs is 2. The fraction of sp³-hybridized carbons (Fsp3) is 0.150. The zero-order chi connectivity index (χ0) is 19.8. The number of benzene rings is 2. The van der Waals surface area contributed by atoms with E-state index in [1.54, 1.807) is 23.0 Å². The number of halogens is 2. The normalized spacial score (nSPS) is 13.3. The van der Waals surface area contributed by atoms with E-state index in [0.29, 0.717) is 40.0 Å². The van der Waals surface area contributed by atoms with Crippen LogP contribution in [0.25, 0.3) is 16.7 Å². The predicted molar refractivity (Wildman–Crippen MR) is 103 cm³/mol. The van der Waals surface area contributed by atoms with Gasteiger partial charge in [-0.15, -0.1) is 11.8 Å². The topological polar surface area (TPSA) is 62.1 Å². The van der Waals surface area contributed by atoms with E-state index in [9.17, 15) is 8.78 Å². The van der Waals surface area contributed by atoms with Gasteiger partial charge in [0.25, 0.3) is 0 Å². The Hall–Kier alpha value is -3.04. The van der Waals surface area contributed by atoms with Gasteiger partial charge in [-0.2, -0.15) is 5.10 Å². The van der Waals surface area contributed by atoms with Gasteiger partial charge in [-0.25, -0.2) is 23.4 Å². The first-order chi connectivity index (χ1) is 14.2. The lowest BCUT2D eigenvalue weighted by Crippen LogP contribution is -2.13. The second-order valence-corrected chi connectivity index (χ2v) is 7.37. The first-order valence-corrected chi connectivity index (χ1v) is 9.77. The number of nitrogens with zero attached hydrogens (tertiary/aromatic N) is 4. The minimum atomic E-state index is -0.328. The standard InChI is InChI=1S/C20H14F2N4O2S/c21-14-1-3-16(4-2-14)26-19-17(7-25-26)20(24-10-23-19)29-9-13-6-15(22)5-12-8-27-11-28-18(12)13/h1-7,10H,8-9,11H2. The molecule has 2 aromatic heterocycles. The summed E-state index contributed by atoms with van der Waals surface area (Å²) >= 11 is 1.44. The molecule has 0 bridgehead atoms. The lowest BCUT2D eigenvalue weighted by molar-refractivity contribution is -0.0171. The van der Waals surface area contributed by atoms with Crippen molar-refractivity contribution in [1.82, 2.24) is 19.7 Å². The molecule has 5 rings (SSSR count). The number of ether oxygens (including phenoxy) is 2. The summed E-state index contributed by atoms with van der Waals surface area (Å²) in [6, 6.07) is 8.91. The molecule has 0 spiro atoms. The van der Waals surface area contributed by atoms with Crippen molar-refractivity contribution in [2.75, 3.05) is 6.79 Å². The maximum Gasteiger partial charge on any atom is 0.189 e. The van der Waals surface area contributed by atoms with Gasteiger partial charge in [-0.1, -0.05) is 0 Å². The minimum Gasteiger partial charge on any atom is -0.467 e. The summed E-state index contributed by atoms with van der Waals surface area (Å²) in [6.45, 7) is 0.478. The molecule has 0 aliphatic carbocycles. The summed E-state index contributed by atoms with van der Waals surface area (Å²) in [5.74, 6) is 0.485. The molecular formula is C20H14F2N4O2S. The second-order valence-electron chi connectivity index (χ2n) is 6.40. The number of thioether (sulfide) groups is 1. The molecule has 6 nitrogen and oxygen atoms in total. The van der Waals surface area contributed by atoms with Crippen LogP contribution in [0, 0.1) is 11.6 Å². The molecule has 3 heterocycles. The molecule has 29 heavy (non-hydrogen) atoms. The third-order valence-electron chi connectivity index (χ3n) is 4.52. The smallest absolute Gasteiger partial charge is 0.189 e. The Labute approximate surface area is 168 Å². The van der Waals surface area contributed by atoms with Crippen LogP contribution in [0.2, 0.25) is 0 Å². The highest BCUT2D eigenvalue weighted by Gasteiger charge is 2.18. The molecule has 0 N–H and O–H groups in total. The Balaban J connectivity index is 1.46. The predicted octanol–water partition coefficient (Wildman–Crippen LogP) is 4.25.